The van der Waals surface area contributed by atoms with Crippen molar-refractivity contribution < 1.29 is 4.79 Å². The Kier molecular flexibility index (Phi) is 5.95. The summed E-state index contributed by atoms with van der Waals surface area (Å²) in [7, 11) is 0. The van der Waals surface area contributed by atoms with Crippen molar-refractivity contribution in [1.82, 2.24) is 19.7 Å². The molecule has 0 aliphatic carbocycles. The van der Waals surface area contributed by atoms with Gasteiger partial charge in [0.15, 0.2) is 0 Å². The van der Waals surface area contributed by atoms with Gasteiger partial charge < -0.3 is 5.32 Å². The minimum Gasteiger partial charge on any atom is -0.348 e. The van der Waals surface area contributed by atoms with Crippen LogP contribution in [0, 0.1) is 13.8 Å². The van der Waals surface area contributed by atoms with Crippen LogP contribution < -0.4 is 10.9 Å². The molecule has 1 amide bonds. The van der Waals surface area contributed by atoms with Crippen molar-refractivity contribution in [2.24, 2.45) is 0 Å². The van der Waals surface area contributed by atoms with E-state index in [0.29, 0.717) is 5.65 Å². The number of nitrogens with zero attached hydrogens (tertiary/aromatic N) is 3. The lowest BCUT2D eigenvalue weighted by Gasteiger charge is -2.16. The zero-order valence-corrected chi connectivity index (χ0v) is 18.9. The van der Waals surface area contributed by atoms with E-state index in [1.807, 2.05) is 63.2 Å². The van der Waals surface area contributed by atoms with Crippen molar-refractivity contribution >= 4 is 16.9 Å². The van der Waals surface area contributed by atoms with Gasteiger partial charge in [-0.1, -0.05) is 49.4 Å². The van der Waals surface area contributed by atoms with Crippen LogP contribution in [0.2, 0.25) is 0 Å². The summed E-state index contributed by atoms with van der Waals surface area (Å²) in [6.45, 7) is 7.80. The quantitative estimate of drug-likeness (QED) is 0.499. The molecule has 1 N–H and O–H groups in total. The lowest BCUT2D eigenvalue weighted by molar-refractivity contribution is -0.122. The van der Waals surface area contributed by atoms with Gasteiger partial charge in [-0.15, -0.1) is 0 Å². The van der Waals surface area contributed by atoms with E-state index in [2.05, 4.69) is 24.4 Å². The second-order valence-corrected chi connectivity index (χ2v) is 8.17. The Morgan fingerprint density at radius 2 is 1.75 bits per heavy atom. The molecule has 4 aromatic rings. The van der Waals surface area contributed by atoms with Gasteiger partial charge in [0, 0.05) is 11.5 Å². The molecule has 6 nitrogen and oxygen atoms in total. The number of benzene rings is 2. The van der Waals surface area contributed by atoms with Crippen molar-refractivity contribution in [2.45, 2.75) is 46.7 Å². The third kappa shape index (κ3) is 4.08. The molecular formula is C26H28N4O2. The van der Waals surface area contributed by atoms with E-state index in [-0.39, 0.29) is 24.1 Å². The molecule has 2 heterocycles. The molecule has 0 bridgehead atoms. The molecule has 0 fully saturated rings. The maximum Gasteiger partial charge on any atom is 0.252 e. The number of rotatable bonds is 6. The molecule has 4 rings (SSSR count). The first-order chi connectivity index (χ1) is 15.4. The van der Waals surface area contributed by atoms with E-state index in [1.54, 1.807) is 10.7 Å². The van der Waals surface area contributed by atoms with Crippen LogP contribution >= 0.6 is 0 Å². The number of carbonyl (C=O) groups is 1. The van der Waals surface area contributed by atoms with Crippen LogP contribution in [-0.2, 0) is 17.8 Å². The zero-order chi connectivity index (χ0) is 22.8. The van der Waals surface area contributed by atoms with Gasteiger partial charge in [0.1, 0.15) is 12.2 Å². The van der Waals surface area contributed by atoms with E-state index < -0.39 is 0 Å². The first-order valence-electron chi connectivity index (χ1n) is 10.9. The summed E-state index contributed by atoms with van der Waals surface area (Å²) in [5.41, 5.74) is 5.20. The summed E-state index contributed by atoms with van der Waals surface area (Å²) in [4.78, 5) is 25.9. The van der Waals surface area contributed by atoms with Gasteiger partial charge >= 0.3 is 0 Å². The number of hydrogen-bond acceptors (Lipinski definition) is 3. The van der Waals surface area contributed by atoms with E-state index in [1.165, 1.54) is 10.1 Å². The van der Waals surface area contributed by atoms with Gasteiger partial charge in [0.05, 0.1) is 17.4 Å². The highest BCUT2D eigenvalue weighted by atomic mass is 16.2. The normalized spacial score (nSPS) is 12.1. The monoisotopic (exact) mass is 428 g/mol. The Labute approximate surface area is 187 Å². The highest BCUT2D eigenvalue weighted by molar-refractivity contribution is 5.85. The van der Waals surface area contributed by atoms with Crippen molar-refractivity contribution in [3.8, 4) is 5.69 Å². The maximum absolute atomic E-state index is 13.0. The van der Waals surface area contributed by atoms with Gasteiger partial charge in [0.2, 0.25) is 5.91 Å². The third-order valence-corrected chi connectivity index (χ3v) is 5.86. The van der Waals surface area contributed by atoms with Crippen molar-refractivity contribution in [3.05, 3.63) is 93.4 Å². The Morgan fingerprint density at radius 3 is 2.41 bits per heavy atom. The second-order valence-electron chi connectivity index (χ2n) is 8.17. The predicted octanol–water partition coefficient (Wildman–Crippen LogP) is 4.24. The Hall–Kier alpha value is -3.67. The molecule has 2 aromatic carbocycles. The lowest BCUT2D eigenvalue weighted by Crippen LogP contribution is -2.34. The molecule has 1 unspecified atom stereocenters. The molecule has 2 aromatic heterocycles. The molecule has 6 heteroatoms. The molecule has 1 atom stereocenters. The van der Waals surface area contributed by atoms with Crippen molar-refractivity contribution in [3.63, 3.8) is 0 Å². The van der Waals surface area contributed by atoms with Crippen LogP contribution in [0.15, 0.2) is 65.5 Å². The molecule has 32 heavy (non-hydrogen) atoms. The largest absolute Gasteiger partial charge is 0.348 e. The number of carbonyl (C=O) groups excluding carboxylic acids is 1. The van der Waals surface area contributed by atoms with Crippen LogP contribution in [0.25, 0.3) is 16.7 Å². The first-order valence-corrected chi connectivity index (χ1v) is 10.9. The van der Waals surface area contributed by atoms with Crippen LogP contribution in [0.1, 0.15) is 42.3 Å². The highest BCUT2D eigenvalue weighted by Crippen LogP contribution is 2.24. The summed E-state index contributed by atoms with van der Waals surface area (Å²) in [6.07, 6.45) is 0.947. The molecule has 0 aliphatic rings. The highest BCUT2D eigenvalue weighted by Gasteiger charge is 2.19. The first kappa shape index (κ1) is 21.6. The van der Waals surface area contributed by atoms with E-state index in [4.69, 9.17) is 5.10 Å². The number of hydrogen-bond donors (Lipinski definition) is 1. The molecule has 0 saturated carbocycles. The number of amides is 1. The zero-order valence-electron chi connectivity index (χ0n) is 18.9. The fourth-order valence-electron chi connectivity index (χ4n) is 4.13. The summed E-state index contributed by atoms with van der Waals surface area (Å²) in [5.74, 6) is -0.222. The van der Waals surface area contributed by atoms with Crippen LogP contribution in [-0.4, -0.2) is 20.3 Å². The molecule has 0 radical (unpaired) electrons. The van der Waals surface area contributed by atoms with Gasteiger partial charge in [-0.3, -0.25) is 14.2 Å². The predicted molar refractivity (Wildman–Crippen MR) is 127 cm³/mol. The average Bonchev–Trinajstić information content (AvgIpc) is 3.14. The molecular weight excluding hydrogens is 400 g/mol. The summed E-state index contributed by atoms with van der Waals surface area (Å²) >= 11 is 0. The topological polar surface area (TPSA) is 68.9 Å². The Balaban J connectivity index is 1.75. The molecule has 0 spiro atoms. The van der Waals surface area contributed by atoms with E-state index >= 15 is 0 Å². The SMILES string of the molecule is CCc1ccc(-n2nc(C)c3c(C)cc(=O)n(CC(=O)NC(C)c4ccccc4)c32)cc1. The van der Waals surface area contributed by atoms with Crippen molar-refractivity contribution in [1.29, 1.82) is 0 Å². The van der Waals surface area contributed by atoms with Crippen LogP contribution in [0.5, 0.6) is 0 Å². The minimum atomic E-state index is -0.222. The summed E-state index contributed by atoms with van der Waals surface area (Å²) in [5, 5.41) is 8.62. The number of pyridine rings is 1. The Bertz CT molecular complexity index is 1320. The molecule has 0 saturated heterocycles. The smallest absolute Gasteiger partial charge is 0.252 e. The number of fused-ring (bicyclic) bond motifs is 1. The second kappa shape index (κ2) is 8.83. The fraction of sp³-hybridized carbons (Fsp3) is 0.269. The maximum atomic E-state index is 13.0. The summed E-state index contributed by atoms with van der Waals surface area (Å²) < 4.78 is 3.29. The standard InChI is InChI=1S/C26H28N4O2/c1-5-20-11-13-22(14-12-20)30-26-25(19(4)28-30)17(2)15-24(32)29(26)16-23(31)27-18(3)21-9-7-6-8-10-21/h6-15,18H,5,16H2,1-4H3,(H,27,31). The molecule has 164 valence electrons. The van der Waals surface area contributed by atoms with E-state index in [9.17, 15) is 9.59 Å². The Morgan fingerprint density at radius 1 is 1.06 bits per heavy atom. The van der Waals surface area contributed by atoms with Crippen molar-refractivity contribution in [2.75, 3.05) is 0 Å². The minimum absolute atomic E-state index is 0.0784. The third-order valence-electron chi connectivity index (χ3n) is 5.86. The lowest BCUT2D eigenvalue weighted by atomic mass is 10.1. The summed E-state index contributed by atoms with van der Waals surface area (Å²) in [6, 6.07) is 19.3. The van der Waals surface area contributed by atoms with Gasteiger partial charge in [-0.05, 0) is 56.0 Å². The molecule has 0 aliphatic heterocycles. The van der Waals surface area contributed by atoms with Crippen LogP contribution in [0.4, 0.5) is 0 Å². The van der Waals surface area contributed by atoms with Gasteiger partial charge in [-0.2, -0.15) is 5.10 Å². The number of aromatic nitrogens is 3. The van der Waals surface area contributed by atoms with Crippen LogP contribution in [0.3, 0.4) is 0 Å². The average molecular weight is 429 g/mol. The van der Waals surface area contributed by atoms with Gasteiger partial charge in [-0.25, -0.2) is 4.68 Å². The van der Waals surface area contributed by atoms with E-state index in [0.717, 1.165) is 34.3 Å². The number of aryl methyl sites for hydroxylation is 3. The van der Waals surface area contributed by atoms with Gasteiger partial charge in [0.25, 0.3) is 5.56 Å². The fourth-order valence-corrected chi connectivity index (χ4v) is 4.13. The number of nitrogens with one attached hydrogen (secondary N) is 1.